The second kappa shape index (κ2) is 5.57. The van der Waals surface area contributed by atoms with E-state index in [4.69, 9.17) is 0 Å². The van der Waals surface area contributed by atoms with Crippen molar-refractivity contribution in [2.75, 3.05) is 0 Å². The second-order valence-corrected chi connectivity index (χ2v) is 4.77. The molecule has 1 heterocycles. The summed E-state index contributed by atoms with van der Waals surface area (Å²) in [6.07, 6.45) is 4.15. The third-order valence-electron chi connectivity index (χ3n) is 3.41. The zero-order valence-corrected chi connectivity index (χ0v) is 10.8. The first kappa shape index (κ1) is 11.8. The Morgan fingerprint density at radius 3 is 1.95 bits per heavy atom. The topological polar surface area (TPSA) is 15.8 Å². The zero-order valence-electron chi connectivity index (χ0n) is 10.8. The molecule has 19 heavy (non-hydrogen) atoms. The molecule has 94 valence electrons. The molecule has 0 saturated heterocycles. The van der Waals surface area contributed by atoms with Crippen molar-refractivity contribution in [2.45, 2.75) is 12.8 Å². The summed E-state index contributed by atoms with van der Waals surface area (Å²) < 4.78 is 0. The van der Waals surface area contributed by atoms with Gasteiger partial charge in [0.25, 0.3) is 0 Å². The number of nitrogens with one attached hydrogen (secondary N) is 1. The molecule has 0 aliphatic carbocycles. The molecular weight excluding hydrogens is 230 g/mol. The minimum absolute atomic E-state index is 1.09. The van der Waals surface area contributed by atoms with Crippen LogP contribution in [0.4, 0.5) is 0 Å². The van der Waals surface area contributed by atoms with Crippen LogP contribution < -0.4 is 0 Å². The van der Waals surface area contributed by atoms with Gasteiger partial charge in [-0.15, -0.1) is 0 Å². The van der Waals surface area contributed by atoms with Crippen LogP contribution in [0, 0.1) is 0 Å². The molecule has 0 unspecified atom stereocenters. The van der Waals surface area contributed by atoms with Gasteiger partial charge in [-0.05, 0) is 41.7 Å². The average Bonchev–Trinajstić information content (AvgIpc) is 3.01. The van der Waals surface area contributed by atoms with Gasteiger partial charge in [-0.2, -0.15) is 0 Å². The zero-order chi connectivity index (χ0) is 12.9. The van der Waals surface area contributed by atoms with E-state index < -0.39 is 0 Å². The number of aromatic nitrogens is 1. The average molecular weight is 247 g/mol. The molecule has 1 nitrogen and oxygen atoms in total. The molecule has 3 aromatic rings. The highest BCUT2D eigenvalue weighted by Crippen LogP contribution is 2.18. The van der Waals surface area contributed by atoms with Crippen LogP contribution in [0.15, 0.2) is 72.9 Å². The number of hydrogen-bond donors (Lipinski definition) is 1. The van der Waals surface area contributed by atoms with E-state index in [0.717, 1.165) is 12.8 Å². The largest absolute Gasteiger partial charge is 0.361 e. The summed E-state index contributed by atoms with van der Waals surface area (Å²) in [4.78, 5) is 3.23. The first-order chi connectivity index (χ1) is 9.42. The highest BCUT2D eigenvalue weighted by molar-refractivity contribution is 5.59. The van der Waals surface area contributed by atoms with Gasteiger partial charge in [-0.25, -0.2) is 0 Å². The summed E-state index contributed by atoms with van der Waals surface area (Å²) in [5.41, 5.74) is 5.21. The predicted molar refractivity (Wildman–Crippen MR) is 80.1 cm³/mol. The molecule has 3 rings (SSSR count). The van der Waals surface area contributed by atoms with Gasteiger partial charge in [-0.3, -0.25) is 0 Å². The lowest BCUT2D eigenvalue weighted by atomic mass is 10.0. The molecule has 2 aromatic carbocycles. The van der Waals surface area contributed by atoms with Crippen LogP contribution in [-0.4, -0.2) is 4.98 Å². The van der Waals surface area contributed by atoms with Crippen LogP contribution in [0.2, 0.25) is 0 Å². The lowest BCUT2D eigenvalue weighted by Crippen LogP contribution is -1.91. The van der Waals surface area contributed by atoms with Crippen LogP contribution in [0.1, 0.15) is 11.1 Å². The summed E-state index contributed by atoms with van der Waals surface area (Å²) in [6.45, 7) is 0. The fourth-order valence-electron chi connectivity index (χ4n) is 2.29. The Kier molecular flexibility index (Phi) is 3.46. The van der Waals surface area contributed by atoms with Crippen molar-refractivity contribution < 1.29 is 0 Å². The monoisotopic (exact) mass is 247 g/mol. The summed E-state index contributed by atoms with van der Waals surface area (Å²) >= 11 is 0. The quantitative estimate of drug-likeness (QED) is 0.700. The highest BCUT2D eigenvalue weighted by Gasteiger charge is 1.99. The van der Waals surface area contributed by atoms with Crippen LogP contribution in [0.3, 0.4) is 0 Å². The number of benzene rings is 2. The van der Waals surface area contributed by atoms with Crippen molar-refractivity contribution in [3.8, 4) is 11.3 Å². The highest BCUT2D eigenvalue weighted by atomic mass is 14.7. The fourth-order valence-corrected chi connectivity index (χ4v) is 2.29. The molecule has 0 aliphatic heterocycles. The Bertz CT molecular complexity index is 607. The predicted octanol–water partition coefficient (Wildman–Crippen LogP) is 4.47. The van der Waals surface area contributed by atoms with E-state index in [9.17, 15) is 0 Å². The third-order valence-corrected chi connectivity index (χ3v) is 3.41. The molecule has 0 saturated carbocycles. The van der Waals surface area contributed by atoms with E-state index in [1.165, 1.54) is 22.4 Å². The molecule has 1 heteroatoms. The first-order valence-electron chi connectivity index (χ1n) is 6.68. The van der Waals surface area contributed by atoms with Crippen molar-refractivity contribution in [3.05, 3.63) is 84.1 Å². The molecule has 0 radical (unpaired) electrons. The van der Waals surface area contributed by atoms with Crippen LogP contribution in [0.25, 0.3) is 11.3 Å². The van der Waals surface area contributed by atoms with Crippen molar-refractivity contribution in [2.24, 2.45) is 0 Å². The van der Waals surface area contributed by atoms with Gasteiger partial charge in [-0.1, -0.05) is 54.6 Å². The van der Waals surface area contributed by atoms with E-state index in [1.54, 1.807) is 0 Å². The van der Waals surface area contributed by atoms with E-state index in [1.807, 2.05) is 12.3 Å². The molecule has 1 N–H and O–H groups in total. The number of aryl methyl sites for hydroxylation is 2. The van der Waals surface area contributed by atoms with Crippen molar-refractivity contribution in [1.29, 1.82) is 0 Å². The summed E-state index contributed by atoms with van der Waals surface area (Å²) in [5, 5.41) is 0. The van der Waals surface area contributed by atoms with Gasteiger partial charge in [0.1, 0.15) is 0 Å². The molecule has 0 aliphatic rings. The lowest BCUT2D eigenvalue weighted by Gasteiger charge is -2.04. The molecule has 0 bridgehead atoms. The van der Waals surface area contributed by atoms with E-state index >= 15 is 0 Å². The Labute approximate surface area is 113 Å². The number of hydrogen-bond acceptors (Lipinski definition) is 0. The normalized spacial score (nSPS) is 10.5. The molecule has 1 aromatic heterocycles. The van der Waals surface area contributed by atoms with Crippen LogP contribution in [0.5, 0.6) is 0 Å². The van der Waals surface area contributed by atoms with Gasteiger partial charge in [0, 0.05) is 11.9 Å². The van der Waals surface area contributed by atoms with Crippen LogP contribution >= 0.6 is 0 Å². The Morgan fingerprint density at radius 1 is 0.632 bits per heavy atom. The second-order valence-electron chi connectivity index (χ2n) is 4.77. The SMILES string of the molecule is c1ccc(CCc2ccc(-c3ccc[nH]3)cc2)cc1. The van der Waals surface area contributed by atoms with E-state index in [2.05, 4.69) is 65.6 Å². The van der Waals surface area contributed by atoms with Crippen molar-refractivity contribution in [3.63, 3.8) is 0 Å². The maximum atomic E-state index is 3.23. The Morgan fingerprint density at radius 2 is 1.32 bits per heavy atom. The van der Waals surface area contributed by atoms with E-state index in [-0.39, 0.29) is 0 Å². The Hall–Kier alpha value is -2.28. The summed E-state index contributed by atoms with van der Waals surface area (Å²) in [6, 6.07) is 23.6. The number of aromatic amines is 1. The lowest BCUT2D eigenvalue weighted by molar-refractivity contribution is 0.960. The number of rotatable bonds is 4. The Balaban J connectivity index is 1.67. The molecular formula is C18H17N. The van der Waals surface area contributed by atoms with Gasteiger partial charge in [0.05, 0.1) is 0 Å². The molecule has 0 fully saturated rings. The van der Waals surface area contributed by atoms with Gasteiger partial charge in [0.15, 0.2) is 0 Å². The van der Waals surface area contributed by atoms with Gasteiger partial charge >= 0.3 is 0 Å². The maximum Gasteiger partial charge on any atom is 0.0453 e. The summed E-state index contributed by atoms with van der Waals surface area (Å²) in [5.74, 6) is 0. The minimum Gasteiger partial charge on any atom is -0.361 e. The van der Waals surface area contributed by atoms with Gasteiger partial charge in [0.2, 0.25) is 0 Å². The van der Waals surface area contributed by atoms with Crippen molar-refractivity contribution in [1.82, 2.24) is 4.98 Å². The van der Waals surface area contributed by atoms with Crippen molar-refractivity contribution >= 4 is 0 Å². The molecule has 0 atom stereocenters. The number of H-pyrrole nitrogens is 1. The molecule has 0 amide bonds. The van der Waals surface area contributed by atoms with Crippen LogP contribution in [-0.2, 0) is 12.8 Å². The van der Waals surface area contributed by atoms with E-state index in [0.29, 0.717) is 0 Å². The smallest absolute Gasteiger partial charge is 0.0453 e. The first-order valence-corrected chi connectivity index (χ1v) is 6.68. The third kappa shape index (κ3) is 2.94. The fraction of sp³-hybridized carbons (Fsp3) is 0.111. The molecule has 0 spiro atoms. The summed E-state index contributed by atoms with van der Waals surface area (Å²) in [7, 11) is 0. The van der Waals surface area contributed by atoms with Gasteiger partial charge < -0.3 is 4.98 Å². The minimum atomic E-state index is 1.09. The maximum absolute atomic E-state index is 3.23. The standard InChI is InChI=1S/C18H17N/c1-2-5-15(6-3-1)8-9-16-10-12-17(13-11-16)18-7-4-14-19-18/h1-7,10-14,19H,8-9H2.